The predicted molar refractivity (Wildman–Crippen MR) is 139 cm³/mol. The Hall–Kier alpha value is -1.95. The maximum Gasteiger partial charge on any atom is 0.229 e. The Balaban J connectivity index is 1.22. The summed E-state index contributed by atoms with van der Waals surface area (Å²) in [4.78, 5) is 13.8. The molecular weight excluding hydrogens is 518 g/mol. The zero-order chi connectivity index (χ0) is 23.7. The smallest absolute Gasteiger partial charge is 0.229 e. The molecule has 1 aliphatic carbocycles. The molecule has 9 nitrogen and oxygen atoms in total. The summed E-state index contributed by atoms with van der Waals surface area (Å²) < 4.78 is 27.7. The fraction of sp³-hybridized carbons (Fsp3) is 0.565. The van der Waals surface area contributed by atoms with E-state index in [0.29, 0.717) is 24.9 Å². The average Bonchev–Trinajstić information content (AvgIpc) is 3.69. The van der Waals surface area contributed by atoms with Crippen molar-refractivity contribution in [2.45, 2.75) is 37.0 Å². The second kappa shape index (κ2) is 9.96. The molecule has 184 valence electrons. The van der Waals surface area contributed by atoms with Gasteiger partial charge >= 0.3 is 0 Å². The number of likely N-dealkylation sites (N-methyl/N-ethyl adjacent to an activating group) is 1. The highest BCUT2D eigenvalue weighted by Crippen LogP contribution is 2.33. The first-order valence-electron chi connectivity index (χ1n) is 12.0. The van der Waals surface area contributed by atoms with E-state index in [1.807, 2.05) is 12.1 Å². The Morgan fingerprint density at radius 1 is 1.03 bits per heavy atom. The predicted octanol–water partition coefficient (Wildman–Crippen LogP) is 3.10. The summed E-state index contributed by atoms with van der Waals surface area (Å²) in [6.45, 7) is 5.32. The van der Waals surface area contributed by atoms with Crippen LogP contribution in [0.3, 0.4) is 0 Å². The first-order chi connectivity index (χ1) is 16.4. The largest absolute Gasteiger partial charge is 0.369 e. The van der Waals surface area contributed by atoms with Gasteiger partial charge in [0.05, 0.1) is 9.72 Å². The molecule has 2 aromatic rings. The third kappa shape index (κ3) is 5.48. The van der Waals surface area contributed by atoms with E-state index in [0.717, 1.165) is 62.0 Å². The Bertz CT molecular complexity index is 1100. The van der Waals surface area contributed by atoms with Crippen LogP contribution in [0.5, 0.6) is 0 Å². The van der Waals surface area contributed by atoms with Gasteiger partial charge in [0, 0.05) is 62.9 Å². The molecule has 2 N–H and O–H groups in total. The van der Waals surface area contributed by atoms with Crippen LogP contribution < -0.4 is 15.5 Å². The third-order valence-electron chi connectivity index (χ3n) is 6.77. The van der Waals surface area contributed by atoms with Gasteiger partial charge in [0.25, 0.3) is 0 Å². The highest BCUT2D eigenvalue weighted by atomic mass is 79.9. The van der Waals surface area contributed by atoms with Crippen LogP contribution in [-0.4, -0.2) is 85.2 Å². The lowest BCUT2D eigenvalue weighted by molar-refractivity contribution is 0.313. The fourth-order valence-corrected chi connectivity index (χ4v) is 6.77. The highest BCUT2D eigenvalue weighted by Gasteiger charge is 2.41. The van der Waals surface area contributed by atoms with Gasteiger partial charge in [0.1, 0.15) is 5.82 Å². The zero-order valence-electron chi connectivity index (χ0n) is 19.5. The van der Waals surface area contributed by atoms with Gasteiger partial charge in [-0.15, -0.1) is 0 Å². The molecule has 0 bridgehead atoms. The SMILES string of the molecule is CN1CCN(c2ccc(Nc3ncc(Br)c(NC4CCCN(S(=O)(=O)C5CC5)C4)n3)cc2)CC1. The summed E-state index contributed by atoms with van der Waals surface area (Å²) in [6, 6.07) is 8.37. The number of aromatic nitrogens is 2. The number of piperazine rings is 1. The van der Waals surface area contributed by atoms with E-state index in [-0.39, 0.29) is 11.3 Å². The van der Waals surface area contributed by atoms with Gasteiger partial charge in [-0.25, -0.2) is 13.4 Å². The van der Waals surface area contributed by atoms with E-state index in [9.17, 15) is 8.42 Å². The van der Waals surface area contributed by atoms with Crippen molar-refractivity contribution in [2.24, 2.45) is 0 Å². The van der Waals surface area contributed by atoms with Crippen LogP contribution in [0.15, 0.2) is 34.9 Å². The van der Waals surface area contributed by atoms with Crippen molar-refractivity contribution in [1.29, 1.82) is 0 Å². The second-order valence-electron chi connectivity index (χ2n) is 9.44. The van der Waals surface area contributed by atoms with E-state index >= 15 is 0 Å². The minimum Gasteiger partial charge on any atom is -0.369 e. The van der Waals surface area contributed by atoms with E-state index < -0.39 is 10.0 Å². The summed E-state index contributed by atoms with van der Waals surface area (Å²) in [7, 11) is -0.998. The molecule has 2 saturated heterocycles. The zero-order valence-corrected chi connectivity index (χ0v) is 21.9. The molecule has 1 atom stereocenters. The molecule has 0 radical (unpaired) electrons. The topological polar surface area (TPSA) is 93.7 Å². The van der Waals surface area contributed by atoms with Crippen LogP contribution in [0.25, 0.3) is 0 Å². The molecule has 1 aromatic carbocycles. The van der Waals surface area contributed by atoms with Crippen molar-refractivity contribution in [1.82, 2.24) is 19.2 Å². The number of hydrogen-bond donors (Lipinski definition) is 2. The molecule has 3 heterocycles. The number of halogens is 1. The molecule has 5 rings (SSSR count). The summed E-state index contributed by atoms with van der Waals surface area (Å²) >= 11 is 3.53. The first kappa shape index (κ1) is 23.8. The van der Waals surface area contributed by atoms with Gasteiger partial charge in [-0.1, -0.05) is 0 Å². The number of benzene rings is 1. The number of nitrogens with one attached hydrogen (secondary N) is 2. The van der Waals surface area contributed by atoms with E-state index in [4.69, 9.17) is 0 Å². The summed E-state index contributed by atoms with van der Waals surface area (Å²) in [6.07, 6.45) is 5.05. The van der Waals surface area contributed by atoms with Crippen molar-refractivity contribution in [3.05, 3.63) is 34.9 Å². The maximum atomic E-state index is 12.7. The maximum absolute atomic E-state index is 12.7. The van der Waals surface area contributed by atoms with Crippen LogP contribution in [0.1, 0.15) is 25.7 Å². The highest BCUT2D eigenvalue weighted by molar-refractivity contribution is 9.10. The van der Waals surface area contributed by atoms with Gasteiger partial charge in [-0.3, -0.25) is 0 Å². The molecule has 1 unspecified atom stereocenters. The minimum absolute atomic E-state index is 0.0178. The van der Waals surface area contributed by atoms with Crippen LogP contribution in [-0.2, 0) is 10.0 Å². The lowest BCUT2D eigenvalue weighted by Crippen LogP contribution is -2.46. The standard InChI is InChI=1S/C23H32BrN7O2S/c1-29-11-13-30(14-12-29)19-6-4-17(5-7-19)27-23-25-15-21(24)22(28-23)26-18-3-2-10-31(16-18)34(32,33)20-8-9-20/h4-7,15,18,20H,2-3,8-14,16H2,1H3,(H2,25,26,27,28). The lowest BCUT2D eigenvalue weighted by Gasteiger charge is -2.34. The molecule has 11 heteroatoms. The van der Waals surface area contributed by atoms with Crippen molar-refractivity contribution in [3.8, 4) is 0 Å². The Morgan fingerprint density at radius 2 is 1.76 bits per heavy atom. The quantitative estimate of drug-likeness (QED) is 0.544. The monoisotopic (exact) mass is 549 g/mol. The Kier molecular flexibility index (Phi) is 6.97. The van der Waals surface area contributed by atoms with Crippen molar-refractivity contribution in [3.63, 3.8) is 0 Å². The van der Waals surface area contributed by atoms with Crippen molar-refractivity contribution < 1.29 is 8.42 Å². The van der Waals surface area contributed by atoms with E-state index in [2.05, 4.69) is 65.5 Å². The molecule has 1 aromatic heterocycles. The second-order valence-corrected chi connectivity index (χ2v) is 12.5. The molecule has 1 saturated carbocycles. The number of piperidine rings is 1. The van der Waals surface area contributed by atoms with Crippen LogP contribution in [0.2, 0.25) is 0 Å². The van der Waals surface area contributed by atoms with Crippen LogP contribution in [0.4, 0.5) is 23.1 Å². The van der Waals surface area contributed by atoms with E-state index in [1.54, 1.807) is 10.5 Å². The molecule has 0 spiro atoms. The van der Waals surface area contributed by atoms with E-state index in [1.165, 1.54) is 5.69 Å². The normalized spacial score (nSPS) is 22.5. The molecule has 2 aliphatic heterocycles. The lowest BCUT2D eigenvalue weighted by atomic mass is 10.1. The van der Waals surface area contributed by atoms with Gasteiger partial charge in [0.2, 0.25) is 16.0 Å². The Labute approximate surface area is 210 Å². The number of rotatable bonds is 7. The van der Waals surface area contributed by atoms with Gasteiger partial charge < -0.3 is 20.4 Å². The average molecular weight is 551 g/mol. The molecule has 34 heavy (non-hydrogen) atoms. The third-order valence-corrected chi connectivity index (χ3v) is 9.71. The van der Waals surface area contributed by atoms with Crippen molar-refractivity contribution >= 4 is 49.1 Å². The van der Waals surface area contributed by atoms with Crippen molar-refractivity contribution in [2.75, 3.05) is 61.8 Å². The molecule has 3 fully saturated rings. The Morgan fingerprint density at radius 3 is 2.47 bits per heavy atom. The summed E-state index contributed by atoms with van der Waals surface area (Å²) in [5.41, 5.74) is 2.14. The van der Waals surface area contributed by atoms with Gasteiger partial charge in [-0.05, 0) is 72.9 Å². The van der Waals surface area contributed by atoms with Crippen LogP contribution in [0, 0.1) is 0 Å². The number of sulfonamides is 1. The number of hydrogen-bond acceptors (Lipinski definition) is 8. The van der Waals surface area contributed by atoms with Gasteiger partial charge in [-0.2, -0.15) is 9.29 Å². The number of nitrogens with zero attached hydrogens (tertiary/aromatic N) is 5. The summed E-state index contributed by atoms with van der Waals surface area (Å²) in [5, 5.41) is 6.55. The number of anilines is 4. The molecule has 3 aliphatic rings. The molecular formula is C23H32BrN7O2S. The van der Waals surface area contributed by atoms with Gasteiger partial charge in [0.15, 0.2) is 0 Å². The molecule has 0 amide bonds. The van der Waals surface area contributed by atoms with Crippen LogP contribution >= 0.6 is 15.9 Å². The minimum atomic E-state index is -3.16. The summed E-state index contributed by atoms with van der Waals surface area (Å²) in [5.74, 6) is 1.17. The first-order valence-corrected chi connectivity index (χ1v) is 14.3. The fourth-order valence-electron chi connectivity index (χ4n) is 4.54.